The third kappa shape index (κ3) is 4.25. The summed E-state index contributed by atoms with van der Waals surface area (Å²) >= 11 is 0. The molecule has 4 nitrogen and oxygen atoms in total. The number of allylic oxidation sites excluding steroid dienone is 2. The minimum atomic E-state index is -0.505. The zero-order valence-electron chi connectivity index (χ0n) is 25.3. The Labute approximate surface area is 263 Å². The molecule has 0 saturated heterocycles. The van der Waals surface area contributed by atoms with Crippen LogP contribution in [0.3, 0.4) is 0 Å². The maximum atomic E-state index is 5.10. The largest absolute Gasteiger partial charge is 0.379 e. The Morgan fingerprint density at radius 1 is 0.533 bits per heavy atom. The molecule has 0 bridgehead atoms. The predicted molar refractivity (Wildman–Crippen MR) is 183 cm³/mol. The monoisotopic (exact) mass is 580 g/mol. The van der Waals surface area contributed by atoms with Crippen molar-refractivity contribution in [2.75, 3.05) is 6.54 Å². The minimum absolute atomic E-state index is 0.505. The van der Waals surface area contributed by atoms with Crippen molar-refractivity contribution in [3.8, 4) is 33.9 Å². The first kappa shape index (κ1) is 27.0. The van der Waals surface area contributed by atoms with Crippen LogP contribution in [0.2, 0.25) is 0 Å². The Morgan fingerprint density at radius 2 is 1.11 bits per heavy atom. The lowest BCUT2D eigenvalue weighted by Crippen LogP contribution is -2.30. The van der Waals surface area contributed by atoms with E-state index in [0.717, 1.165) is 28.9 Å². The van der Waals surface area contributed by atoms with Gasteiger partial charge in [-0.15, -0.1) is 0 Å². The van der Waals surface area contributed by atoms with Crippen LogP contribution in [-0.2, 0) is 5.41 Å². The lowest BCUT2D eigenvalue weighted by atomic mass is 9.65. The quantitative estimate of drug-likeness (QED) is 0.221. The molecule has 0 fully saturated rings. The van der Waals surface area contributed by atoms with E-state index in [1.165, 1.54) is 38.9 Å². The van der Waals surface area contributed by atoms with E-state index >= 15 is 0 Å². The molecule has 216 valence electrons. The zero-order valence-corrected chi connectivity index (χ0v) is 25.3. The molecular weight excluding hydrogens is 548 g/mol. The average Bonchev–Trinajstić information content (AvgIpc) is 3.40. The highest BCUT2D eigenvalue weighted by Crippen LogP contribution is 2.57. The Bertz CT molecular complexity index is 2100. The molecule has 0 atom stereocenters. The smallest absolute Gasteiger partial charge is 0.179 e. The highest BCUT2D eigenvalue weighted by Gasteiger charge is 2.47. The standard InChI is InChI=1S/C41H32N4/c1-27-15-6-9-21-33(27)41(35-22-10-7-18-31(35)32-19-8-11-23-36(32)41)34-24-14-20-30(28(34)2)39-43-38(29-16-4-3-5-17-29)44-40(45-39)37-25-12-13-26-42-37/h3-25,42H,26H2,1-2H3. The first-order valence-electron chi connectivity index (χ1n) is 15.4. The number of fused-ring (bicyclic) bond motifs is 3. The van der Waals surface area contributed by atoms with Crippen molar-refractivity contribution in [2.45, 2.75) is 19.3 Å². The second-order valence-corrected chi connectivity index (χ2v) is 11.7. The summed E-state index contributed by atoms with van der Waals surface area (Å²) in [6, 6.07) is 43.3. The number of rotatable bonds is 5. The van der Waals surface area contributed by atoms with Crippen molar-refractivity contribution in [1.82, 2.24) is 20.3 Å². The van der Waals surface area contributed by atoms with Gasteiger partial charge in [-0.05, 0) is 64.4 Å². The Hall–Kier alpha value is -5.61. The van der Waals surface area contributed by atoms with Crippen LogP contribution in [0.5, 0.6) is 0 Å². The number of nitrogens with zero attached hydrogens (tertiary/aromatic N) is 3. The van der Waals surface area contributed by atoms with Gasteiger partial charge in [0.05, 0.1) is 11.1 Å². The van der Waals surface area contributed by atoms with Crippen molar-refractivity contribution < 1.29 is 0 Å². The maximum absolute atomic E-state index is 5.10. The van der Waals surface area contributed by atoms with Gasteiger partial charge < -0.3 is 5.32 Å². The summed E-state index contributed by atoms with van der Waals surface area (Å²) in [6.45, 7) is 5.18. The van der Waals surface area contributed by atoms with Gasteiger partial charge in [-0.3, -0.25) is 0 Å². The van der Waals surface area contributed by atoms with Gasteiger partial charge in [-0.25, -0.2) is 15.0 Å². The fourth-order valence-corrected chi connectivity index (χ4v) is 7.19. The number of dihydropyridines is 1. The molecule has 6 aromatic rings. The lowest BCUT2D eigenvalue weighted by molar-refractivity contribution is 0.754. The van der Waals surface area contributed by atoms with Crippen molar-refractivity contribution in [2.24, 2.45) is 0 Å². The molecular formula is C41H32N4. The van der Waals surface area contributed by atoms with Gasteiger partial charge in [0.15, 0.2) is 17.5 Å². The molecule has 1 aliphatic heterocycles. The van der Waals surface area contributed by atoms with Crippen LogP contribution >= 0.6 is 0 Å². The fourth-order valence-electron chi connectivity index (χ4n) is 7.19. The van der Waals surface area contributed by atoms with E-state index in [-0.39, 0.29) is 0 Å². The molecule has 8 rings (SSSR count). The number of hydrogen-bond acceptors (Lipinski definition) is 4. The molecule has 0 spiro atoms. The summed E-state index contributed by atoms with van der Waals surface area (Å²) in [6.07, 6.45) is 6.16. The van der Waals surface area contributed by atoms with E-state index < -0.39 is 5.41 Å². The van der Waals surface area contributed by atoms with Crippen LogP contribution < -0.4 is 5.32 Å². The number of aryl methyl sites for hydroxylation is 1. The predicted octanol–water partition coefficient (Wildman–Crippen LogP) is 8.69. The van der Waals surface area contributed by atoms with Crippen molar-refractivity contribution in [1.29, 1.82) is 0 Å². The number of aromatic nitrogens is 3. The summed E-state index contributed by atoms with van der Waals surface area (Å²) in [4.78, 5) is 15.1. The molecule has 1 aliphatic carbocycles. The first-order valence-corrected chi connectivity index (χ1v) is 15.4. The topological polar surface area (TPSA) is 50.7 Å². The molecule has 1 aromatic heterocycles. The van der Waals surface area contributed by atoms with Crippen LogP contribution in [0, 0.1) is 13.8 Å². The first-order chi connectivity index (χ1) is 22.2. The number of nitrogens with one attached hydrogen (secondary N) is 1. The van der Waals surface area contributed by atoms with Crippen LogP contribution in [0.1, 0.15) is 39.2 Å². The molecule has 0 amide bonds. The molecule has 0 radical (unpaired) electrons. The van der Waals surface area contributed by atoms with Gasteiger partial charge in [0.25, 0.3) is 0 Å². The van der Waals surface area contributed by atoms with Gasteiger partial charge >= 0.3 is 0 Å². The summed E-state index contributed by atoms with van der Waals surface area (Å²) in [5, 5.41) is 3.44. The third-order valence-electron chi connectivity index (χ3n) is 9.20. The highest BCUT2D eigenvalue weighted by atomic mass is 15.1. The Balaban J connectivity index is 1.42. The van der Waals surface area contributed by atoms with Crippen LogP contribution in [0.4, 0.5) is 0 Å². The SMILES string of the molecule is Cc1ccccc1C1(c2cccc(-c3nc(C4=CC=CCN4)nc(-c4ccccc4)n3)c2C)c2ccccc2-c2ccccc21. The van der Waals surface area contributed by atoms with Gasteiger partial charge in [0, 0.05) is 17.7 Å². The van der Waals surface area contributed by atoms with Crippen LogP contribution in [0.15, 0.2) is 140 Å². The van der Waals surface area contributed by atoms with E-state index in [0.29, 0.717) is 17.5 Å². The lowest BCUT2D eigenvalue weighted by Gasteiger charge is -2.36. The average molecular weight is 581 g/mol. The molecule has 0 saturated carbocycles. The Kier molecular flexibility index (Phi) is 6.49. The van der Waals surface area contributed by atoms with E-state index in [2.05, 4.69) is 116 Å². The number of benzene rings is 5. The molecule has 5 aromatic carbocycles. The van der Waals surface area contributed by atoms with Gasteiger partial charge in [-0.2, -0.15) is 0 Å². The zero-order chi connectivity index (χ0) is 30.4. The van der Waals surface area contributed by atoms with Crippen molar-refractivity contribution in [3.63, 3.8) is 0 Å². The second kappa shape index (κ2) is 10.8. The van der Waals surface area contributed by atoms with Crippen LogP contribution in [0.25, 0.3) is 39.6 Å². The number of hydrogen-bond donors (Lipinski definition) is 1. The van der Waals surface area contributed by atoms with Crippen LogP contribution in [-0.4, -0.2) is 21.5 Å². The second-order valence-electron chi connectivity index (χ2n) is 11.7. The van der Waals surface area contributed by atoms with Crippen molar-refractivity contribution in [3.05, 3.63) is 179 Å². The van der Waals surface area contributed by atoms with E-state index in [9.17, 15) is 0 Å². The van der Waals surface area contributed by atoms with Gasteiger partial charge in [-0.1, -0.05) is 133 Å². The van der Waals surface area contributed by atoms with Crippen molar-refractivity contribution >= 4 is 5.70 Å². The third-order valence-corrected chi connectivity index (χ3v) is 9.20. The van der Waals surface area contributed by atoms with Gasteiger partial charge in [0.1, 0.15) is 0 Å². The van der Waals surface area contributed by atoms with E-state index in [4.69, 9.17) is 15.0 Å². The Morgan fingerprint density at radius 3 is 1.80 bits per heavy atom. The summed E-state index contributed by atoms with van der Waals surface area (Å²) in [5.74, 6) is 1.95. The maximum Gasteiger partial charge on any atom is 0.179 e. The summed E-state index contributed by atoms with van der Waals surface area (Å²) in [7, 11) is 0. The molecule has 1 N–H and O–H groups in total. The molecule has 2 aliphatic rings. The summed E-state index contributed by atoms with van der Waals surface area (Å²) < 4.78 is 0. The molecule has 45 heavy (non-hydrogen) atoms. The molecule has 4 heteroatoms. The van der Waals surface area contributed by atoms with E-state index in [1.807, 2.05) is 42.5 Å². The normalized spacial score (nSPS) is 14.3. The van der Waals surface area contributed by atoms with Gasteiger partial charge in [0.2, 0.25) is 0 Å². The van der Waals surface area contributed by atoms with E-state index in [1.54, 1.807) is 0 Å². The minimum Gasteiger partial charge on any atom is -0.379 e. The highest BCUT2D eigenvalue weighted by molar-refractivity contribution is 5.87. The molecule has 2 heterocycles. The molecule has 0 unspecified atom stereocenters. The fraction of sp³-hybridized carbons (Fsp3) is 0.0976. The summed E-state index contributed by atoms with van der Waals surface area (Å²) in [5.41, 5.74) is 12.4.